The highest BCUT2D eigenvalue weighted by Gasteiger charge is 2.30. The van der Waals surface area contributed by atoms with Gasteiger partial charge in [-0.05, 0) is 65.6 Å². The fourth-order valence-electron chi connectivity index (χ4n) is 4.69. The van der Waals surface area contributed by atoms with Gasteiger partial charge in [0.2, 0.25) is 0 Å². The van der Waals surface area contributed by atoms with E-state index in [1.54, 1.807) is 18.2 Å². The Morgan fingerprint density at radius 1 is 0.913 bits per heavy atom. The van der Waals surface area contributed by atoms with Crippen LogP contribution in [0.1, 0.15) is 82.3 Å². The number of benzene rings is 3. The summed E-state index contributed by atoms with van der Waals surface area (Å²) in [6.45, 7) is 12.9. The summed E-state index contributed by atoms with van der Waals surface area (Å²) >= 11 is 18.5. The zero-order valence-corrected chi connectivity index (χ0v) is 29.7. The molecule has 0 radical (unpaired) electrons. The Bertz CT molecular complexity index is 1650. The maximum atomic E-state index is 13.0. The summed E-state index contributed by atoms with van der Waals surface area (Å²) in [6.07, 6.45) is 1.74. The molecule has 3 aromatic rings. The van der Waals surface area contributed by atoms with Crippen LogP contribution in [0, 0.1) is 0 Å². The van der Waals surface area contributed by atoms with Crippen LogP contribution in [-0.4, -0.2) is 30.2 Å². The molecule has 0 saturated heterocycles. The van der Waals surface area contributed by atoms with Crippen molar-refractivity contribution in [2.75, 3.05) is 16.9 Å². The molecule has 12 heteroatoms. The van der Waals surface area contributed by atoms with E-state index >= 15 is 0 Å². The van der Waals surface area contributed by atoms with E-state index in [9.17, 15) is 14.4 Å². The Labute approximate surface area is 291 Å². The second-order valence-corrected chi connectivity index (χ2v) is 13.5. The van der Waals surface area contributed by atoms with E-state index in [0.29, 0.717) is 16.5 Å². The zero-order chi connectivity index (χ0) is 33.1. The number of hydrazone groups is 1. The maximum absolute atomic E-state index is 13.0. The van der Waals surface area contributed by atoms with Crippen molar-refractivity contribution in [2.24, 2.45) is 5.10 Å². The Kier molecular flexibility index (Phi) is 12.2. The fraction of sp³-hybridized carbons (Fsp3) is 0.353. The summed E-state index contributed by atoms with van der Waals surface area (Å²) in [5, 5.41) is 11.3. The first-order chi connectivity index (χ1) is 21.1. The van der Waals surface area contributed by atoms with Gasteiger partial charge >= 0.3 is 0 Å². The molecule has 46 heavy (non-hydrogen) atoms. The lowest BCUT2D eigenvalue weighted by Gasteiger charge is -2.30. The molecule has 0 fully saturated rings. The monoisotopic (exact) mass is 706 g/mol. The molecule has 0 saturated carbocycles. The molecule has 0 atom stereocenters. The van der Waals surface area contributed by atoms with Gasteiger partial charge in [0.15, 0.2) is 6.61 Å². The van der Waals surface area contributed by atoms with Gasteiger partial charge in [0.05, 0.1) is 16.5 Å². The van der Waals surface area contributed by atoms with E-state index in [2.05, 4.69) is 69.4 Å². The second-order valence-electron chi connectivity index (χ2n) is 12.2. The fourth-order valence-corrected chi connectivity index (χ4v) is 5.67. The van der Waals surface area contributed by atoms with Crippen LogP contribution in [0.15, 0.2) is 59.7 Å². The van der Waals surface area contributed by atoms with Crippen LogP contribution >= 0.6 is 47.2 Å². The van der Waals surface area contributed by atoms with Crippen molar-refractivity contribution in [1.82, 2.24) is 5.32 Å². The molecule has 4 rings (SSSR count). The van der Waals surface area contributed by atoms with Crippen LogP contribution in [0.3, 0.4) is 0 Å². The third kappa shape index (κ3) is 8.53. The molecule has 0 aliphatic carbocycles. The van der Waals surface area contributed by atoms with Crippen molar-refractivity contribution < 1.29 is 19.1 Å². The minimum atomic E-state index is -0.509. The normalized spacial score (nSPS) is 13.2. The van der Waals surface area contributed by atoms with Crippen LogP contribution in [0.25, 0.3) is 0 Å². The highest BCUT2D eigenvalue weighted by molar-refractivity contribution is 6.42. The predicted octanol–water partition coefficient (Wildman–Crippen LogP) is 8.94. The number of amides is 3. The highest BCUT2D eigenvalue weighted by atomic mass is 35.5. The Hall–Kier alpha value is -3.30. The Morgan fingerprint density at radius 2 is 1.57 bits per heavy atom. The van der Waals surface area contributed by atoms with E-state index in [1.807, 2.05) is 6.07 Å². The van der Waals surface area contributed by atoms with Gasteiger partial charge in [0.25, 0.3) is 17.7 Å². The van der Waals surface area contributed by atoms with Gasteiger partial charge in [-0.3, -0.25) is 14.4 Å². The van der Waals surface area contributed by atoms with Crippen LogP contribution in [0.5, 0.6) is 5.75 Å². The molecule has 1 heterocycles. The summed E-state index contributed by atoms with van der Waals surface area (Å²) in [5.41, 5.74) is 3.00. The van der Waals surface area contributed by atoms with Gasteiger partial charge < -0.3 is 15.4 Å². The lowest BCUT2D eigenvalue weighted by Crippen LogP contribution is -2.30. The van der Waals surface area contributed by atoms with Crippen molar-refractivity contribution in [3.05, 3.63) is 86.4 Å². The molecule has 2 N–H and O–H groups in total. The van der Waals surface area contributed by atoms with Crippen LogP contribution in [0.2, 0.25) is 15.1 Å². The molecular formula is C34H38Cl4N4O4. The number of rotatable bonds is 10. The standard InChI is InChI=1S/C34H37Cl3N4O4.ClH/c1-7-33(3,4)21-12-13-27(24(15-21)34(5,6)8-2)45-19-29(42)38-23-11-9-10-20(14-23)32(44)39-28-18-30(43)41(40-28)31-25(36)16-22(35)17-26(31)37;/h9-17H,7-8,18-19H2,1-6H3,(H,38,42)(H,39,40,44);1H. The van der Waals surface area contributed by atoms with Crippen molar-refractivity contribution in [2.45, 2.75) is 71.6 Å². The summed E-state index contributed by atoms with van der Waals surface area (Å²) in [7, 11) is 0. The van der Waals surface area contributed by atoms with E-state index in [0.717, 1.165) is 23.4 Å². The Morgan fingerprint density at radius 3 is 2.20 bits per heavy atom. The van der Waals surface area contributed by atoms with Crippen LogP contribution in [0.4, 0.5) is 11.4 Å². The summed E-state index contributed by atoms with van der Waals surface area (Å²) in [6, 6.07) is 15.5. The number of hydrogen-bond acceptors (Lipinski definition) is 5. The number of halogens is 4. The maximum Gasteiger partial charge on any atom is 0.262 e. The molecule has 1 aliphatic heterocycles. The van der Waals surface area contributed by atoms with Gasteiger partial charge in [-0.25, -0.2) is 0 Å². The van der Waals surface area contributed by atoms with Gasteiger partial charge in [-0.1, -0.05) is 94.5 Å². The number of amidine groups is 1. The molecule has 3 aromatic carbocycles. The van der Waals surface area contributed by atoms with Crippen molar-refractivity contribution in [3.8, 4) is 5.75 Å². The lowest BCUT2D eigenvalue weighted by molar-refractivity contribution is -0.118. The summed E-state index contributed by atoms with van der Waals surface area (Å²) in [4.78, 5) is 38.6. The van der Waals surface area contributed by atoms with Crippen molar-refractivity contribution in [1.29, 1.82) is 0 Å². The van der Waals surface area contributed by atoms with Gasteiger partial charge in [0.1, 0.15) is 17.3 Å². The van der Waals surface area contributed by atoms with Gasteiger partial charge in [-0.15, -0.1) is 12.4 Å². The third-order valence-corrected chi connectivity index (χ3v) is 9.05. The van der Waals surface area contributed by atoms with Crippen LogP contribution in [-0.2, 0) is 20.4 Å². The van der Waals surface area contributed by atoms with Crippen molar-refractivity contribution in [3.63, 3.8) is 0 Å². The number of anilines is 2. The SMILES string of the molecule is CCC(C)(C)c1ccc(OCC(=O)Nc2cccc(C(=O)NC3=NN(c4c(Cl)cc(Cl)cc4Cl)C(=O)C3)c2)c(C(C)(C)CC)c1.Cl. The first-order valence-electron chi connectivity index (χ1n) is 14.7. The smallest absolute Gasteiger partial charge is 0.262 e. The topological polar surface area (TPSA) is 100 Å². The lowest BCUT2D eigenvalue weighted by atomic mass is 9.76. The average Bonchev–Trinajstić information content (AvgIpc) is 3.34. The van der Waals surface area contributed by atoms with Gasteiger partial charge in [0, 0.05) is 21.8 Å². The highest BCUT2D eigenvalue weighted by Crippen LogP contribution is 2.39. The van der Waals surface area contributed by atoms with E-state index in [-0.39, 0.29) is 69.3 Å². The second kappa shape index (κ2) is 15.1. The summed E-state index contributed by atoms with van der Waals surface area (Å²) < 4.78 is 6.04. The molecule has 0 aromatic heterocycles. The quantitative estimate of drug-likeness (QED) is 0.220. The summed E-state index contributed by atoms with van der Waals surface area (Å²) in [5.74, 6) is -0.516. The van der Waals surface area contributed by atoms with E-state index in [1.165, 1.54) is 23.8 Å². The number of ether oxygens (including phenoxy) is 1. The minimum Gasteiger partial charge on any atom is -0.483 e. The number of nitrogens with one attached hydrogen (secondary N) is 2. The molecule has 246 valence electrons. The molecule has 1 aliphatic rings. The zero-order valence-electron chi connectivity index (χ0n) is 26.6. The first kappa shape index (κ1) is 37.2. The predicted molar refractivity (Wildman–Crippen MR) is 189 cm³/mol. The van der Waals surface area contributed by atoms with E-state index in [4.69, 9.17) is 39.5 Å². The number of carbonyl (C=O) groups excluding carboxylic acids is 3. The molecule has 3 amide bonds. The first-order valence-corrected chi connectivity index (χ1v) is 15.8. The van der Waals surface area contributed by atoms with Gasteiger partial charge in [-0.2, -0.15) is 10.1 Å². The van der Waals surface area contributed by atoms with Crippen LogP contribution < -0.4 is 20.4 Å². The molecule has 0 spiro atoms. The third-order valence-electron chi connectivity index (χ3n) is 8.25. The molecule has 0 bridgehead atoms. The van der Waals surface area contributed by atoms with Crippen molar-refractivity contribution >= 4 is 82.1 Å². The number of nitrogens with zero attached hydrogens (tertiary/aromatic N) is 2. The van der Waals surface area contributed by atoms with E-state index < -0.39 is 11.8 Å². The number of hydrogen-bond donors (Lipinski definition) is 2. The minimum absolute atomic E-state index is 0. The largest absolute Gasteiger partial charge is 0.483 e. The molecule has 8 nitrogen and oxygen atoms in total. The average molecular weight is 709 g/mol. The Balaban J connectivity index is 0.00000576. The number of carbonyl (C=O) groups is 3. The molecular weight excluding hydrogens is 670 g/mol. The molecule has 0 unspecified atom stereocenters.